The van der Waals surface area contributed by atoms with Crippen molar-refractivity contribution in [1.82, 2.24) is 20.4 Å². The Balaban J connectivity index is 1.45. The van der Waals surface area contributed by atoms with Crippen LogP contribution < -0.4 is 10.6 Å². The fourth-order valence-electron chi connectivity index (χ4n) is 3.12. The molecule has 11 heteroatoms. The molecule has 0 radical (unpaired) electrons. The molecule has 0 aliphatic rings. The van der Waals surface area contributed by atoms with Crippen LogP contribution in [-0.4, -0.2) is 47.6 Å². The first-order valence-corrected chi connectivity index (χ1v) is 13.5. The van der Waals surface area contributed by atoms with Crippen molar-refractivity contribution in [3.05, 3.63) is 69.7 Å². The molecule has 3 rings (SSSR count). The Kier molecular flexibility index (Phi) is 10.8. The number of nitrogens with zero attached hydrogens (tertiary/aromatic N) is 3. The number of thioether (sulfide) groups is 1. The molecule has 1 aromatic heterocycles. The second kappa shape index (κ2) is 13.8. The quantitative estimate of drug-likeness (QED) is 0.223. The molecule has 35 heavy (non-hydrogen) atoms. The molecule has 1 atom stereocenters. The molecular formula is C24H27Cl2N5O2S2. The fraction of sp³-hybridized carbons (Fsp3) is 0.333. The number of hydrogen-bond acceptors (Lipinski definition) is 7. The second-order valence-electron chi connectivity index (χ2n) is 8.10. The normalized spacial score (nSPS) is 11.9. The topological polar surface area (TPSA) is 87.2 Å². The average Bonchev–Trinajstić information content (AvgIpc) is 3.27. The van der Waals surface area contributed by atoms with E-state index in [1.54, 1.807) is 0 Å². The van der Waals surface area contributed by atoms with E-state index in [-0.39, 0.29) is 30.7 Å². The van der Waals surface area contributed by atoms with Crippen molar-refractivity contribution in [2.24, 2.45) is 0 Å². The summed E-state index contributed by atoms with van der Waals surface area (Å²) in [6.07, 6.45) is 0.877. The second-order valence-corrected chi connectivity index (χ2v) is 11.2. The van der Waals surface area contributed by atoms with Gasteiger partial charge in [-0.25, -0.2) is 0 Å². The zero-order valence-electron chi connectivity index (χ0n) is 19.5. The Hall–Kier alpha value is -2.17. The maximum Gasteiger partial charge on any atom is 0.226 e. The summed E-state index contributed by atoms with van der Waals surface area (Å²) in [5.41, 5.74) is 2.10. The van der Waals surface area contributed by atoms with Gasteiger partial charge < -0.3 is 15.5 Å². The Morgan fingerprint density at radius 3 is 2.26 bits per heavy atom. The van der Waals surface area contributed by atoms with Gasteiger partial charge in [0.05, 0.1) is 6.04 Å². The summed E-state index contributed by atoms with van der Waals surface area (Å²) in [7, 11) is 3.97. The molecule has 2 N–H and O–H groups in total. The average molecular weight is 553 g/mol. The molecule has 2 amide bonds. The van der Waals surface area contributed by atoms with Gasteiger partial charge in [0.15, 0.2) is 4.34 Å². The van der Waals surface area contributed by atoms with Gasteiger partial charge in [0, 0.05) is 28.6 Å². The SMILES string of the molecule is CN(C)CCC(NC(=O)CCC(=O)Nc1nnc(SCc2ccc(Cl)cc2)s1)c1ccc(Cl)cc1. The number of carbonyl (C=O) groups is 2. The highest BCUT2D eigenvalue weighted by Crippen LogP contribution is 2.28. The van der Waals surface area contributed by atoms with Crippen molar-refractivity contribution < 1.29 is 9.59 Å². The summed E-state index contributed by atoms with van der Waals surface area (Å²) in [6, 6.07) is 14.9. The molecule has 1 unspecified atom stereocenters. The first kappa shape index (κ1) is 27.4. The maximum atomic E-state index is 12.6. The van der Waals surface area contributed by atoms with E-state index in [9.17, 15) is 9.59 Å². The van der Waals surface area contributed by atoms with Crippen LogP contribution in [0.4, 0.5) is 5.13 Å². The van der Waals surface area contributed by atoms with Crippen molar-refractivity contribution in [2.45, 2.75) is 35.4 Å². The Bertz CT molecular complexity index is 1110. The van der Waals surface area contributed by atoms with E-state index >= 15 is 0 Å². The van der Waals surface area contributed by atoms with Gasteiger partial charge in [0.25, 0.3) is 0 Å². The van der Waals surface area contributed by atoms with Gasteiger partial charge in [0.1, 0.15) is 0 Å². The van der Waals surface area contributed by atoms with Gasteiger partial charge in [-0.2, -0.15) is 0 Å². The monoisotopic (exact) mass is 551 g/mol. The third kappa shape index (κ3) is 9.77. The van der Waals surface area contributed by atoms with Crippen molar-refractivity contribution in [3.63, 3.8) is 0 Å². The van der Waals surface area contributed by atoms with Crippen molar-refractivity contribution >= 4 is 63.2 Å². The minimum Gasteiger partial charge on any atom is -0.349 e. The van der Waals surface area contributed by atoms with Crippen molar-refractivity contribution in [3.8, 4) is 0 Å². The van der Waals surface area contributed by atoms with Crippen LogP contribution in [0, 0.1) is 0 Å². The van der Waals surface area contributed by atoms with Gasteiger partial charge in [-0.3, -0.25) is 9.59 Å². The van der Waals surface area contributed by atoms with Crippen LogP contribution in [0.1, 0.15) is 36.4 Å². The first-order chi connectivity index (χ1) is 16.8. The lowest BCUT2D eigenvalue weighted by Crippen LogP contribution is -2.31. The van der Waals surface area contributed by atoms with E-state index in [2.05, 4.69) is 25.7 Å². The lowest BCUT2D eigenvalue weighted by molar-refractivity contribution is -0.125. The highest BCUT2D eigenvalue weighted by molar-refractivity contribution is 8.00. The summed E-state index contributed by atoms with van der Waals surface area (Å²) < 4.78 is 0.750. The number of nitrogens with one attached hydrogen (secondary N) is 2. The lowest BCUT2D eigenvalue weighted by Gasteiger charge is -2.21. The summed E-state index contributed by atoms with van der Waals surface area (Å²) in [6.45, 7) is 0.809. The molecule has 0 bridgehead atoms. The molecule has 3 aromatic rings. The minimum atomic E-state index is -0.276. The molecule has 0 saturated carbocycles. The predicted molar refractivity (Wildman–Crippen MR) is 144 cm³/mol. The molecule has 2 aromatic carbocycles. The van der Waals surface area contributed by atoms with Crippen LogP contribution in [0.2, 0.25) is 10.0 Å². The van der Waals surface area contributed by atoms with Crippen LogP contribution in [-0.2, 0) is 15.3 Å². The molecular weight excluding hydrogens is 525 g/mol. The molecule has 7 nitrogen and oxygen atoms in total. The summed E-state index contributed by atoms with van der Waals surface area (Å²) in [5.74, 6) is 0.264. The molecule has 0 fully saturated rings. The van der Waals surface area contributed by atoms with Crippen LogP contribution in [0.5, 0.6) is 0 Å². The smallest absolute Gasteiger partial charge is 0.226 e. The van der Waals surface area contributed by atoms with Gasteiger partial charge in [-0.1, -0.05) is 70.6 Å². The van der Waals surface area contributed by atoms with Gasteiger partial charge in [-0.15, -0.1) is 10.2 Å². The van der Waals surface area contributed by atoms with Crippen LogP contribution in [0.25, 0.3) is 0 Å². The highest BCUT2D eigenvalue weighted by Gasteiger charge is 2.17. The number of hydrogen-bond donors (Lipinski definition) is 2. The predicted octanol–water partition coefficient (Wildman–Crippen LogP) is 5.67. The Labute approximate surface area is 223 Å². The molecule has 1 heterocycles. The number of benzene rings is 2. The largest absolute Gasteiger partial charge is 0.349 e. The molecule has 0 saturated heterocycles. The molecule has 0 spiro atoms. The van der Waals surface area contributed by atoms with E-state index in [0.717, 1.165) is 34.2 Å². The highest BCUT2D eigenvalue weighted by atomic mass is 35.5. The number of halogens is 2. The van der Waals surface area contributed by atoms with Crippen LogP contribution >= 0.6 is 46.3 Å². The van der Waals surface area contributed by atoms with Gasteiger partial charge >= 0.3 is 0 Å². The number of carbonyl (C=O) groups excluding carboxylic acids is 2. The molecule has 0 aliphatic carbocycles. The van der Waals surface area contributed by atoms with Gasteiger partial charge in [-0.05, 0) is 62.5 Å². The maximum absolute atomic E-state index is 12.6. The number of anilines is 1. The third-order valence-electron chi connectivity index (χ3n) is 4.98. The van der Waals surface area contributed by atoms with Gasteiger partial charge in [0.2, 0.25) is 16.9 Å². The summed E-state index contributed by atoms with van der Waals surface area (Å²) in [4.78, 5) is 27.0. The Morgan fingerprint density at radius 1 is 0.971 bits per heavy atom. The van der Waals surface area contributed by atoms with E-state index in [0.29, 0.717) is 15.2 Å². The Morgan fingerprint density at radius 2 is 1.60 bits per heavy atom. The number of amides is 2. The number of aromatic nitrogens is 2. The van der Waals surface area contributed by atoms with E-state index < -0.39 is 0 Å². The summed E-state index contributed by atoms with van der Waals surface area (Å²) in [5, 5.41) is 15.7. The number of rotatable bonds is 12. The summed E-state index contributed by atoms with van der Waals surface area (Å²) >= 11 is 14.7. The van der Waals surface area contributed by atoms with Crippen molar-refractivity contribution in [1.29, 1.82) is 0 Å². The zero-order valence-corrected chi connectivity index (χ0v) is 22.6. The lowest BCUT2D eigenvalue weighted by atomic mass is 10.0. The molecule has 186 valence electrons. The van der Waals surface area contributed by atoms with Crippen LogP contribution in [0.15, 0.2) is 52.9 Å². The van der Waals surface area contributed by atoms with E-state index in [1.807, 2.05) is 62.6 Å². The van der Waals surface area contributed by atoms with Crippen molar-refractivity contribution in [2.75, 3.05) is 26.0 Å². The minimum absolute atomic E-state index is 0.0552. The third-order valence-corrected chi connectivity index (χ3v) is 7.53. The fourth-order valence-corrected chi connectivity index (χ4v) is 5.10. The van der Waals surface area contributed by atoms with E-state index in [4.69, 9.17) is 23.2 Å². The standard InChI is InChI=1S/C24H27Cl2N5O2S2/c1-31(2)14-13-20(17-5-9-19(26)10-6-17)27-21(32)11-12-22(33)28-23-29-30-24(35-23)34-15-16-3-7-18(25)8-4-16/h3-10,20H,11-15H2,1-2H3,(H,27,32)(H,28,29,33). The first-order valence-electron chi connectivity index (χ1n) is 11.0. The van der Waals surface area contributed by atoms with E-state index in [1.165, 1.54) is 23.1 Å². The van der Waals surface area contributed by atoms with Crippen LogP contribution in [0.3, 0.4) is 0 Å². The zero-order chi connectivity index (χ0) is 25.2. The molecule has 0 aliphatic heterocycles.